The molecule has 0 radical (unpaired) electrons. The predicted molar refractivity (Wildman–Crippen MR) is 92.3 cm³/mol. The van der Waals surface area contributed by atoms with Crippen LogP contribution in [0.5, 0.6) is 5.75 Å². The molecule has 7 heteroatoms. The maximum atomic E-state index is 12.8. The van der Waals surface area contributed by atoms with Crippen LogP contribution in [0.15, 0.2) is 52.1 Å². The summed E-state index contributed by atoms with van der Waals surface area (Å²) in [6.07, 6.45) is 0. The molecule has 1 N–H and O–H groups in total. The van der Waals surface area contributed by atoms with Gasteiger partial charge in [-0.3, -0.25) is 9.36 Å². The van der Waals surface area contributed by atoms with Gasteiger partial charge in [0.1, 0.15) is 5.75 Å². The van der Waals surface area contributed by atoms with Crippen LogP contribution in [0.1, 0.15) is 15.9 Å². The van der Waals surface area contributed by atoms with Crippen molar-refractivity contribution in [2.75, 3.05) is 14.2 Å². The summed E-state index contributed by atoms with van der Waals surface area (Å²) in [7, 11) is 2.80. The number of rotatable bonds is 4. The number of methoxy groups -OCH3 is 2. The summed E-state index contributed by atoms with van der Waals surface area (Å²) in [6, 6.07) is 11.7. The highest BCUT2D eigenvalue weighted by Gasteiger charge is 2.16. The molecule has 1 heterocycles. The molecule has 0 aliphatic rings. The van der Waals surface area contributed by atoms with Gasteiger partial charge in [-0.05, 0) is 29.8 Å². The first-order chi connectivity index (χ1) is 12.0. The number of aromatic nitrogens is 2. The minimum absolute atomic E-state index is 0.0730. The van der Waals surface area contributed by atoms with Gasteiger partial charge >= 0.3 is 11.7 Å². The predicted octanol–water partition coefficient (Wildman–Crippen LogP) is 1.53. The van der Waals surface area contributed by atoms with Gasteiger partial charge in [0.15, 0.2) is 0 Å². The Morgan fingerprint density at radius 1 is 1.08 bits per heavy atom. The number of fused-ring (bicyclic) bond motifs is 1. The Balaban J connectivity index is 2.16. The van der Waals surface area contributed by atoms with Crippen molar-refractivity contribution < 1.29 is 14.3 Å². The summed E-state index contributed by atoms with van der Waals surface area (Å²) in [4.78, 5) is 39.7. The minimum Gasteiger partial charge on any atom is -0.497 e. The van der Waals surface area contributed by atoms with Crippen LogP contribution in [-0.4, -0.2) is 29.7 Å². The van der Waals surface area contributed by atoms with E-state index in [-0.39, 0.29) is 17.5 Å². The smallest absolute Gasteiger partial charge is 0.338 e. The van der Waals surface area contributed by atoms with E-state index in [0.717, 1.165) is 10.1 Å². The molecule has 25 heavy (non-hydrogen) atoms. The third-order valence-corrected chi connectivity index (χ3v) is 3.92. The lowest BCUT2D eigenvalue weighted by molar-refractivity contribution is 0.0603. The van der Waals surface area contributed by atoms with Gasteiger partial charge in [0.05, 0.1) is 37.2 Å². The maximum Gasteiger partial charge on any atom is 0.338 e. The van der Waals surface area contributed by atoms with Gasteiger partial charge in [-0.1, -0.05) is 18.2 Å². The molecule has 0 spiro atoms. The molecule has 0 fully saturated rings. The summed E-state index contributed by atoms with van der Waals surface area (Å²) in [5.41, 5.74) is 0.0720. The van der Waals surface area contributed by atoms with Gasteiger partial charge in [0, 0.05) is 0 Å². The zero-order chi connectivity index (χ0) is 18.0. The number of hydrogen-bond donors (Lipinski definition) is 1. The number of benzene rings is 2. The molecule has 3 aromatic rings. The number of esters is 1. The molecule has 0 unspecified atom stereocenters. The van der Waals surface area contributed by atoms with Gasteiger partial charge in [0.25, 0.3) is 5.56 Å². The number of nitrogens with zero attached hydrogens (tertiary/aromatic N) is 1. The van der Waals surface area contributed by atoms with Gasteiger partial charge in [-0.2, -0.15) is 0 Å². The molecule has 3 rings (SSSR count). The molecule has 0 amide bonds. The van der Waals surface area contributed by atoms with Crippen LogP contribution in [0.4, 0.5) is 0 Å². The second kappa shape index (κ2) is 6.64. The van der Waals surface area contributed by atoms with E-state index in [1.807, 2.05) is 0 Å². The Kier molecular flexibility index (Phi) is 4.38. The second-order valence-electron chi connectivity index (χ2n) is 5.39. The number of H-pyrrole nitrogens is 1. The fraction of sp³-hybridized carbons (Fsp3) is 0.167. The van der Waals surface area contributed by atoms with Crippen LogP contribution in [0.2, 0.25) is 0 Å². The lowest BCUT2D eigenvalue weighted by atomic mass is 10.1. The Bertz CT molecular complexity index is 1050. The first-order valence-corrected chi connectivity index (χ1v) is 7.52. The van der Waals surface area contributed by atoms with Crippen molar-refractivity contribution in [2.24, 2.45) is 0 Å². The van der Waals surface area contributed by atoms with Crippen molar-refractivity contribution in [1.29, 1.82) is 0 Å². The van der Waals surface area contributed by atoms with Gasteiger partial charge in [-0.15, -0.1) is 0 Å². The zero-order valence-electron chi connectivity index (χ0n) is 13.7. The molecule has 1 aromatic heterocycles. The standard InChI is InChI=1S/C18H16N2O5/c1-24-12-8-6-11(7-9-12)10-20-16(21)15-13(17(22)25-2)4-3-5-14(15)19-18(20)23/h3-9H,10H2,1-2H3,(H,19,23). The molecule has 7 nitrogen and oxygen atoms in total. The summed E-state index contributed by atoms with van der Waals surface area (Å²) >= 11 is 0. The number of aromatic amines is 1. The monoisotopic (exact) mass is 340 g/mol. The van der Waals surface area contributed by atoms with E-state index < -0.39 is 17.2 Å². The van der Waals surface area contributed by atoms with E-state index in [4.69, 9.17) is 9.47 Å². The number of hydrogen-bond acceptors (Lipinski definition) is 5. The van der Waals surface area contributed by atoms with E-state index in [1.165, 1.54) is 13.2 Å². The molecule has 2 aromatic carbocycles. The highest BCUT2D eigenvalue weighted by atomic mass is 16.5. The summed E-state index contributed by atoms with van der Waals surface area (Å²) in [5, 5.41) is 0.127. The van der Waals surface area contributed by atoms with E-state index in [2.05, 4.69) is 4.98 Å². The van der Waals surface area contributed by atoms with Crippen LogP contribution in [0.25, 0.3) is 10.9 Å². The fourth-order valence-corrected chi connectivity index (χ4v) is 2.63. The number of carbonyl (C=O) groups excluding carboxylic acids is 1. The molecular weight excluding hydrogens is 324 g/mol. The Labute approximate surface area is 142 Å². The highest BCUT2D eigenvalue weighted by Crippen LogP contribution is 2.14. The van der Waals surface area contributed by atoms with E-state index >= 15 is 0 Å². The minimum atomic E-state index is -0.634. The third kappa shape index (κ3) is 3.03. The Hall–Kier alpha value is -3.35. The van der Waals surface area contributed by atoms with Crippen molar-refractivity contribution in [3.05, 3.63) is 74.4 Å². The van der Waals surface area contributed by atoms with E-state index in [1.54, 1.807) is 43.5 Å². The first kappa shape index (κ1) is 16.5. The van der Waals surface area contributed by atoms with Crippen LogP contribution in [0.3, 0.4) is 0 Å². The van der Waals surface area contributed by atoms with Crippen molar-refractivity contribution in [2.45, 2.75) is 6.54 Å². The zero-order valence-corrected chi connectivity index (χ0v) is 13.7. The second-order valence-corrected chi connectivity index (χ2v) is 5.39. The van der Waals surface area contributed by atoms with Crippen molar-refractivity contribution in [1.82, 2.24) is 9.55 Å². The summed E-state index contributed by atoms with van der Waals surface area (Å²) < 4.78 is 10.9. The molecule has 0 aliphatic carbocycles. The maximum absolute atomic E-state index is 12.8. The average molecular weight is 340 g/mol. The van der Waals surface area contributed by atoms with E-state index in [0.29, 0.717) is 11.3 Å². The lowest BCUT2D eigenvalue weighted by Gasteiger charge is -2.09. The number of ether oxygens (including phenoxy) is 2. The van der Waals surface area contributed by atoms with Crippen molar-refractivity contribution >= 4 is 16.9 Å². The van der Waals surface area contributed by atoms with Crippen molar-refractivity contribution in [3.63, 3.8) is 0 Å². The molecular formula is C18H16N2O5. The van der Waals surface area contributed by atoms with Gasteiger partial charge in [0.2, 0.25) is 0 Å². The molecule has 0 aliphatic heterocycles. The fourth-order valence-electron chi connectivity index (χ4n) is 2.63. The quantitative estimate of drug-likeness (QED) is 0.728. The topological polar surface area (TPSA) is 90.4 Å². The van der Waals surface area contributed by atoms with Crippen LogP contribution < -0.4 is 16.0 Å². The van der Waals surface area contributed by atoms with Crippen LogP contribution >= 0.6 is 0 Å². The number of carbonyl (C=O) groups is 1. The lowest BCUT2D eigenvalue weighted by Crippen LogP contribution is -2.36. The SMILES string of the molecule is COC(=O)c1cccc2[nH]c(=O)n(Cc3ccc(OC)cc3)c(=O)c12. The van der Waals surface area contributed by atoms with Crippen LogP contribution in [-0.2, 0) is 11.3 Å². The van der Waals surface area contributed by atoms with E-state index in [9.17, 15) is 14.4 Å². The molecule has 0 saturated carbocycles. The Morgan fingerprint density at radius 2 is 1.80 bits per heavy atom. The summed E-state index contributed by atoms with van der Waals surface area (Å²) in [5.74, 6) is 0.0437. The van der Waals surface area contributed by atoms with Crippen LogP contribution in [0, 0.1) is 0 Å². The molecule has 0 atom stereocenters. The normalized spacial score (nSPS) is 10.6. The molecule has 0 bridgehead atoms. The number of nitrogens with one attached hydrogen (secondary N) is 1. The first-order valence-electron chi connectivity index (χ1n) is 7.52. The summed E-state index contributed by atoms with van der Waals surface area (Å²) in [6.45, 7) is 0.0730. The Morgan fingerprint density at radius 3 is 2.44 bits per heavy atom. The third-order valence-electron chi connectivity index (χ3n) is 3.92. The van der Waals surface area contributed by atoms with Crippen molar-refractivity contribution in [3.8, 4) is 5.75 Å². The molecule has 128 valence electrons. The molecule has 0 saturated heterocycles. The largest absolute Gasteiger partial charge is 0.497 e. The highest BCUT2D eigenvalue weighted by molar-refractivity contribution is 6.02. The van der Waals surface area contributed by atoms with Gasteiger partial charge < -0.3 is 14.5 Å². The van der Waals surface area contributed by atoms with Gasteiger partial charge in [-0.25, -0.2) is 9.59 Å². The average Bonchev–Trinajstić information content (AvgIpc) is 2.64.